The summed E-state index contributed by atoms with van der Waals surface area (Å²) in [6.45, 7) is 18.9. The third-order valence-corrected chi connectivity index (χ3v) is 20.5. The molecule has 2 aliphatic rings. The number of halogens is 2. The molecule has 424 valence electrons. The van der Waals surface area contributed by atoms with Crippen LogP contribution in [-0.4, -0.2) is 95.7 Å². The Bertz CT molecular complexity index is 3430. The fourth-order valence-corrected chi connectivity index (χ4v) is 13.6. The molecule has 2 saturated carbocycles. The van der Waals surface area contributed by atoms with E-state index >= 15 is 0 Å². The molecule has 0 spiro atoms. The number of fused-ring (bicyclic) bond motifs is 4. The highest BCUT2D eigenvalue weighted by atomic mass is 79.9. The molecule has 2 aliphatic carbocycles. The summed E-state index contributed by atoms with van der Waals surface area (Å²) in [7, 11) is -2.47. The van der Waals surface area contributed by atoms with Crippen LogP contribution >= 0.6 is 31.9 Å². The molecule has 18 heteroatoms. The van der Waals surface area contributed by atoms with Crippen molar-refractivity contribution in [3.05, 3.63) is 118 Å². The van der Waals surface area contributed by atoms with E-state index in [-0.39, 0.29) is 24.2 Å². The summed E-state index contributed by atoms with van der Waals surface area (Å²) in [5.74, 6) is 1.83. The number of anilines is 2. The van der Waals surface area contributed by atoms with Crippen molar-refractivity contribution in [3.63, 3.8) is 0 Å². The van der Waals surface area contributed by atoms with Crippen LogP contribution in [0.25, 0.3) is 55.1 Å². The van der Waals surface area contributed by atoms with E-state index in [2.05, 4.69) is 160 Å². The monoisotopic (exact) mass is 1240 g/mol. The van der Waals surface area contributed by atoms with E-state index in [0.29, 0.717) is 44.1 Å². The number of nitrogens with zero attached hydrogens (tertiary/aromatic N) is 7. The second kappa shape index (κ2) is 26.2. The fraction of sp³-hybridized carbons (Fsp3) is 0.452. The van der Waals surface area contributed by atoms with E-state index in [1.54, 1.807) is 4.52 Å². The predicted octanol–water partition coefficient (Wildman–Crippen LogP) is 15.6. The topological polar surface area (TPSA) is 172 Å². The van der Waals surface area contributed by atoms with Gasteiger partial charge in [-0.15, -0.1) is 0 Å². The smallest absolute Gasteiger partial charge is 0.306 e. The van der Waals surface area contributed by atoms with Crippen LogP contribution in [0, 0.1) is 11.8 Å². The lowest BCUT2D eigenvalue weighted by Crippen LogP contribution is -2.33. The molecule has 3 N–H and O–H groups in total. The van der Waals surface area contributed by atoms with E-state index in [0.717, 1.165) is 147 Å². The van der Waals surface area contributed by atoms with Gasteiger partial charge in [-0.1, -0.05) is 110 Å². The molecule has 4 aromatic carbocycles. The van der Waals surface area contributed by atoms with Crippen LogP contribution in [0.1, 0.15) is 94.4 Å². The summed E-state index contributed by atoms with van der Waals surface area (Å²) in [5, 5.41) is 23.3. The van der Waals surface area contributed by atoms with Gasteiger partial charge in [0.25, 0.3) is 0 Å². The number of aliphatic carboxylic acids is 1. The second-order valence-corrected chi connectivity index (χ2v) is 37.3. The summed E-state index contributed by atoms with van der Waals surface area (Å²) in [6, 6.07) is 32.0. The maximum atomic E-state index is 12.2. The Hall–Kier alpha value is -5.51. The van der Waals surface area contributed by atoms with E-state index in [4.69, 9.17) is 40.1 Å². The maximum Gasteiger partial charge on any atom is 0.306 e. The normalized spacial score (nSPS) is 17.9. The van der Waals surface area contributed by atoms with Gasteiger partial charge < -0.3 is 30.0 Å². The van der Waals surface area contributed by atoms with Crippen molar-refractivity contribution < 1.29 is 28.9 Å². The van der Waals surface area contributed by atoms with Gasteiger partial charge in [0.15, 0.2) is 11.3 Å². The number of nitrogen functional groups attached to an aromatic ring is 1. The third kappa shape index (κ3) is 14.9. The molecule has 0 bridgehead atoms. The second-order valence-electron chi connectivity index (χ2n) is 24.4. The lowest BCUT2D eigenvalue weighted by molar-refractivity contribution is -0.144. The maximum absolute atomic E-state index is 12.2. The molecule has 0 radical (unpaired) electrons. The van der Waals surface area contributed by atoms with Crippen molar-refractivity contribution in [1.29, 1.82) is 0 Å². The summed E-state index contributed by atoms with van der Waals surface area (Å²) in [6.07, 6.45) is 12.1. The fourth-order valence-electron chi connectivity index (χ4n) is 11.1. The Labute approximate surface area is 489 Å². The van der Waals surface area contributed by atoms with Crippen LogP contribution in [0.5, 0.6) is 0 Å². The first-order valence-electron chi connectivity index (χ1n) is 28.5. The van der Waals surface area contributed by atoms with E-state index in [1.807, 2.05) is 29.9 Å². The first-order valence-corrected chi connectivity index (χ1v) is 37.5. The number of carboxylic acids is 1. The lowest BCUT2D eigenvalue weighted by Gasteiger charge is -2.30. The number of rotatable bonds is 20. The zero-order valence-corrected chi connectivity index (χ0v) is 52.7. The number of carbonyl (C=O) groups is 2. The highest BCUT2D eigenvalue weighted by Crippen LogP contribution is 2.43. The molecule has 0 aliphatic heterocycles. The zero-order chi connectivity index (χ0) is 56.7. The molecule has 0 unspecified atom stereocenters. The molecule has 8 aromatic rings. The molecule has 80 heavy (non-hydrogen) atoms. The molecule has 0 saturated heterocycles. The Morgan fingerprint density at radius 1 is 0.662 bits per heavy atom. The first-order chi connectivity index (χ1) is 38.3. The van der Waals surface area contributed by atoms with Crippen molar-refractivity contribution in [3.8, 4) is 22.3 Å². The number of benzene rings is 4. The van der Waals surface area contributed by atoms with Crippen LogP contribution in [0.3, 0.4) is 0 Å². The van der Waals surface area contributed by atoms with Gasteiger partial charge in [0.2, 0.25) is 0 Å². The van der Waals surface area contributed by atoms with Gasteiger partial charge in [0.05, 0.1) is 29.2 Å². The minimum absolute atomic E-state index is 0.0824. The zero-order valence-electron chi connectivity index (χ0n) is 47.5. The SMILES string of the molecule is CCOC(=O)CC1CCC(c2cc(N(COCC[Si](C)(C)C)COCC[Si](C)(C)C)n3ncc(-c4ccc5ccccc5c4)c3n2)CC1.Nc1c(Br)c(C2CCC(CC(=O)O)CC2)nc2c(-c3ccc4cc(Br)ccc4c3)cnn12. The van der Waals surface area contributed by atoms with Crippen molar-refractivity contribution >= 4 is 104 Å². The average Bonchev–Trinajstić information content (AvgIpc) is 4.07. The van der Waals surface area contributed by atoms with Gasteiger partial charge >= 0.3 is 11.9 Å². The number of nitrogens with two attached hydrogens (primary N) is 1. The summed E-state index contributed by atoms with van der Waals surface area (Å²) in [5.41, 5.74) is 14.1. The molecule has 4 aromatic heterocycles. The number of carboxylic acid groups (broad SMARTS) is 1. The Morgan fingerprint density at radius 2 is 1.19 bits per heavy atom. The van der Waals surface area contributed by atoms with Crippen LogP contribution in [0.15, 0.2) is 106 Å². The Kier molecular flexibility index (Phi) is 19.3. The van der Waals surface area contributed by atoms with E-state index in [1.165, 1.54) is 10.8 Å². The Balaban J connectivity index is 0.000000209. The molecule has 0 atom stereocenters. The minimum atomic E-state index is -1.24. The van der Waals surface area contributed by atoms with Gasteiger partial charge in [-0.25, -0.2) is 9.97 Å². The Morgan fingerprint density at radius 3 is 1.79 bits per heavy atom. The van der Waals surface area contributed by atoms with Gasteiger partial charge in [0.1, 0.15) is 25.1 Å². The number of hydrogen-bond acceptors (Lipinski definition) is 11. The van der Waals surface area contributed by atoms with Gasteiger partial charge in [0, 0.05) is 81.4 Å². The van der Waals surface area contributed by atoms with Crippen LogP contribution < -0.4 is 10.6 Å². The molecule has 14 nitrogen and oxygen atoms in total. The lowest BCUT2D eigenvalue weighted by atomic mass is 9.79. The van der Waals surface area contributed by atoms with Gasteiger partial charge in [-0.05, 0) is 155 Å². The molecule has 4 heterocycles. The first kappa shape index (κ1) is 59.1. The molecule has 2 fully saturated rings. The molecular formula is C62H78Br2N8O6Si2. The largest absolute Gasteiger partial charge is 0.481 e. The molecular weight excluding hydrogens is 1170 g/mol. The number of esters is 1. The quantitative estimate of drug-likeness (QED) is 0.0321. The number of aromatic nitrogens is 6. The van der Waals surface area contributed by atoms with Crippen molar-refractivity contribution in [2.45, 2.75) is 134 Å². The van der Waals surface area contributed by atoms with Crippen molar-refractivity contribution in [2.24, 2.45) is 11.8 Å². The number of hydrogen-bond donors (Lipinski definition) is 2. The summed E-state index contributed by atoms with van der Waals surface area (Å²) < 4.78 is 23.5. The summed E-state index contributed by atoms with van der Waals surface area (Å²) in [4.78, 5) is 35.8. The average molecular weight is 1250 g/mol. The van der Waals surface area contributed by atoms with E-state index < -0.39 is 22.1 Å². The standard InChI is InChI=1S/C38H56N4O4Si2.C24H22Br2N4O2/c1-8-46-37(43)23-29-13-15-31(16-14-29)35-25-36(41(27-44-19-21-47(2,3)4)28-45-20-22-48(5,6)7)42-38(40-35)34(26-39-42)33-18-17-30-11-9-10-12-32(30)24-33;25-18-8-7-15-10-17(6-5-16(15)11-18)19-12-28-30-23(27)21(26)22(29-24(19)30)14-3-1-13(2-4-14)9-20(31)32/h9-12,17-18,24-26,29,31H,8,13-16,19-23,27-28H2,1-7H3;5-8,10-14H,1-4,9,27H2,(H,31,32). The van der Waals surface area contributed by atoms with Gasteiger partial charge in [-0.2, -0.15) is 19.2 Å². The highest BCUT2D eigenvalue weighted by Gasteiger charge is 2.30. The van der Waals surface area contributed by atoms with E-state index in [9.17, 15) is 9.59 Å². The van der Waals surface area contributed by atoms with Crippen LogP contribution in [0.2, 0.25) is 51.4 Å². The molecule has 0 amide bonds. The summed E-state index contributed by atoms with van der Waals surface area (Å²) >= 11 is 7.18. The van der Waals surface area contributed by atoms with Crippen LogP contribution in [-0.2, 0) is 23.8 Å². The predicted molar refractivity (Wildman–Crippen MR) is 335 cm³/mol. The molecule has 10 rings (SSSR count). The highest BCUT2D eigenvalue weighted by molar-refractivity contribution is 9.11. The van der Waals surface area contributed by atoms with Crippen molar-refractivity contribution in [2.75, 3.05) is 43.9 Å². The van der Waals surface area contributed by atoms with Gasteiger partial charge in [-0.3, -0.25) is 9.59 Å². The van der Waals surface area contributed by atoms with Crippen molar-refractivity contribution in [1.82, 2.24) is 29.2 Å². The number of ether oxygens (including phenoxy) is 3. The number of carbonyl (C=O) groups excluding carboxylic acids is 1. The third-order valence-electron chi connectivity index (χ3n) is 15.8. The minimum Gasteiger partial charge on any atom is -0.481 e. The van der Waals surface area contributed by atoms with Crippen LogP contribution in [0.4, 0.5) is 11.6 Å².